The van der Waals surface area contributed by atoms with Crippen molar-refractivity contribution in [2.45, 2.75) is 32.9 Å². The smallest absolute Gasteiger partial charge is 0.106 e. The second-order valence-electron chi connectivity index (χ2n) is 2.98. The van der Waals surface area contributed by atoms with Gasteiger partial charge in [0.15, 0.2) is 0 Å². The summed E-state index contributed by atoms with van der Waals surface area (Å²) >= 11 is 1.83. The van der Waals surface area contributed by atoms with Crippen molar-refractivity contribution < 1.29 is 0 Å². The van der Waals surface area contributed by atoms with Crippen LogP contribution in [0.5, 0.6) is 0 Å². The van der Waals surface area contributed by atoms with Gasteiger partial charge in [-0.1, -0.05) is 13.8 Å². The average molecular weight is 188 g/mol. The zero-order valence-electron chi connectivity index (χ0n) is 8.55. The molecule has 0 atom stereocenters. The molecule has 3 heteroatoms. The predicted octanol–water partition coefficient (Wildman–Crippen LogP) is 2.45. The summed E-state index contributed by atoms with van der Waals surface area (Å²) in [6.45, 7) is 10.4. The fourth-order valence-corrected chi connectivity index (χ4v) is 1.62. The van der Waals surface area contributed by atoms with E-state index in [-0.39, 0.29) is 0 Å². The van der Waals surface area contributed by atoms with Gasteiger partial charge >= 0.3 is 0 Å². The van der Waals surface area contributed by atoms with Crippen LogP contribution in [-0.4, -0.2) is 34.8 Å². The molecule has 0 fully saturated rings. The normalized spacial score (nSPS) is 10.4. The lowest BCUT2D eigenvalue weighted by Gasteiger charge is -2.21. The maximum absolute atomic E-state index is 7.74. The zero-order chi connectivity index (χ0) is 9.56. The molecule has 0 aromatic rings. The Bertz CT molecular complexity index is 130. The van der Waals surface area contributed by atoms with Gasteiger partial charge in [0, 0.05) is 13.1 Å². The molecule has 0 saturated heterocycles. The number of nitrogens with zero attached hydrogens (tertiary/aromatic N) is 1. The molecule has 0 bridgehead atoms. The van der Waals surface area contributed by atoms with Crippen molar-refractivity contribution in [3.05, 3.63) is 0 Å². The summed E-state index contributed by atoms with van der Waals surface area (Å²) in [5, 5.41) is 8.37. The second kappa shape index (κ2) is 6.35. The van der Waals surface area contributed by atoms with Crippen LogP contribution in [0.3, 0.4) is 0 Å². The van der Waals surface area contributed by atoms with Crippen LogP contribution in [0.15, 0.2) is 0 Å². The molecule has 0 radical (unpaired) electrons. The fourth-order valence-electron chi connectivity index (χ4n) is 0.942. The van der Waals surface area contributed by atoms with Crippen LogP contribution < -0.4 is 0 Å². The summed E-state index contributed by atoms with van der Waals surface area (Å²) in [4.78, 5) is 2.09. The first kappa shape index (κ1) is 11.8. The van der Waals surface area contributed by atoms with Crippen LogP contribution in [0.4, 0.5) is 0 Å². The van der Waals surface area contributed by atoms with Gasteiger partial charge in [-0.3, -0.25) is 5.41 Å². The molecule has 2 nitrogen and oxygen atoms in total. The Morgan fingerprint density at radius 3 is 2.17 bits per heavy atom. The molecule has 0 aliphatic carbocycles. The highest BCUT2D eigenvalue weighted by Gasteiger charge is 2.05. The van der Waals surface area contributed by atoms with Crippen molar-refractivity contribution in [3.8, 4) is 0 Å². The molecule has 0 rings (SSSR count). The first-order valence-corrected chi connectivity index (χ1v) is 5.60. The zero-order valence-corrected chi connectivity index (χ0v) is 9.37. The number of hydrogen-bond donors (Lipinski definition) is 1. The van der Waals surface area contributed by atoms with Crippen LogP contribution in [0, 0.1) is 5.41 Å². The molecule has 0 saturated carbocycles. The Morgan fingerprint density at radius 2 is 1.83 bits per heavy atom. The Morgan fingerprint density at radius 1 is 1.33 bits per heavy atom. The van der Waals surface area contributed by atoms with Crippen LogP contribution in [0.1, 0.15) is 27.7 Å². The van der Waals surface area contributed by atoms with Gasteiger partial charge in [-0.25, -0.2) is 0 Å². The molecular formula is C9H20N2S. The molecular weight excluding hydrogens is 168 g/mol. The van der Waals surface area contributed by atoms with E-state index in [9.17, 15) is 0 Å². The molecule has 0 spiro atoms. The average Bonchev–Trinajstić information content (AvgIpc) is 2.03. The van der Waals surface area contributed by atoms with Gasteiger partial charge in [-0.15, -0.1) is 0 Å². The van der Waals surface area contributed by atoms with E-state index >= 15 is 0 Å². The van der Waals surface area contributed by atoms with Crippen molar-refractivity contribution in [1.29, 1.82) is 5.41 Å². The molecule has 72 valence electrons. The first-order valence-electron chi connectivity index (χ1n) is 4.55. The minimum Gasteiger partial charge on any atom is -0.360 e. The van der Waals surface area contributed by atoms with Crippen molar-refractivity contribution in [3.63, 3.8) is 0 Å². The van der Waals surface area contributed by atoms with Gasteiger partial charge in [-0.05, 0) is 19.1 Å². The number of amidine groups is 1. The largest absolute Gasteiger partial charge is 0.360 e. The minimum atomic E-state index is 0.626. The fraction of sp³-hybridized carbons (Fsp3) is 0.889. The lowest BCUT2D eigenvalue weighted by atomic mass is 10.5. The van der Waals surface area contributed by atoms with Crippen molar-refractivity contribution in [1.82, 2.24) is 4.90 Å². The minimum absolute atomic E-state index is 0.626. The lowest BCUT2D eigenvalue weighted by molar-refractivity contribution is 0.461. The Balaban J connectivity index is 3.69. The molecule has 0 aromatic carbocycles. The maximum Gasteiger partial charge on any atom is 0.106 e. The lowest BCUT2D eigenvalue weighted by Crippen LogP contribution is -2.31. The summed E-state index contributed by atoms with van der Waals surface area (Å²) in [5.74, 6) is 1.61. The summed E-state index contributed by atoms with van der Waals surface area (Å²) in [6.07, 6.45) is 0. The molecule has 0 aliphatic heterocycles. The van der Waals surface area contributed by atoms with Crippen LogP contribution in [0.25, 0.3) is 0 Å². The van der Waals surface area contributed by atoms with Crippen molar-refractivity contribution >= 4 is 17.6 Å². The van der Waals surface area contributed by atoms with Crippen molar-refractivity contribution in [2.75, 3.05) is 18.8 Å². The second-order valence-corrected chi connectivity index (χ2v) is 4.54. The van der Waals surface area contributed by atoms with Gasteiger partial charge in [0.2, 0.25) is 0 Å². The summed E-state index contributed by atoms with van der Waals surface area (Å²) in [6, 6.07) is 0. The summed E-state index contributed by atoms with van der Waals surface area (Å²) in [5.41, 5.74) is 0. The molecule has 1 N–H and O–H groups in total. The third-order valence-electron chi connectivity index (χ3n) is 1.70. The molecule has 0 heterocycles. The van der Waals surface area contributed by atoms with Crippen LogP contribution in [0.2, 0.25) is 0 Å². The van der Waals surface area contributed by atoms with Gasteiger partial charge in [0.1, 0.15) is 5.84 Å². The van der Waals surface area contributed by atoms with E-state index in [0.29, 0.717) is 5.25 Å². The number of thioether (sulfide) groups is 1. The molecule has 0 aromatic heterocycles. The first-order chi connectivity index (χ1) is 5.61. The SMILES string of the molecule is CCN(CC)C(=N)CSC(C)C. The highest BCUT2D eigenvalue weighted by Crippen LogP contribution is 2.09. The van der Waals surface area contributed by atoms with E-state index in [0.717, 1.165) is 24.7 Å². The standard InChI is InChI=1S/C9H20N2S/c1-5-11(6-2)9(10)7-12-8(3)4/h8,10H,5-7H2,1-4H3. The topological polar surface area (TPSA) is 27.1 Å². The third kappa shape index (κ3) is 4.65. The monoisotopic (exact) mass is 188 g/mol. The van der Waals surface area contributed by atoms with Gasteiger partial charge in [0.25, 0.3) is 0 Å². The van der Waals surface area contributed by atoms with E-state index in [1.165, 1.54) is 0 Å². The highest BCUT2D eigenvalue weighted by atomic mass is 32.2. The Labute approximate surface area is 80.2 Å². The maximum atomic E-state index is 7.74. The highest BCUT2D eigenvalue weighted by molar-refractivity contribution is 8.00. The van der Waals surface area contributed by atoms with Crippen LogP contribution >= 0.6 is 11.8 Å². The Kier molecular flexibility index (Phi) is 6.25. The molecule has 0 amide bonds. The van der Waals surface area contributed by atoms with E-state index in [2.05, 4.69) is 32.6 Å². The number of hydrogen-bond acceptors (Lipinski definition) is 2. The van der Waals surface area contributed by atoms with E-state index in [1.54, 1.807) is 0 Å². The van der Waals surface area contributed by atoms with E-state index in [4.69, 9.17) is 5.41 Å². The third-order valence-corrected chi connectivity index (χ3v) is 2.81. The van der Waals surface area contributed by atoms with Crippen molar-refractivity contribution in [2.24, 2.45) is 0 Å². The van der Waals surface area contributed by atoms with E-state index in [1.807, 2.05) is 11.8 Å². The van der Waals surface area contributed by atoms with Gasteiger partial charge in [0.05, 0.1) is 5.75 Å². The van der Waals surface area contributed by atoms with Gasteiger partial charge in [-0.2, -0.15) is 11.8 Å². The summed E-state index contributed by atoms with van der Waals surface area (Å²) in [7, 11) is 0. The number of nitrogens with one attached hydrogen (secondary N) is 1. The number of rotatable bonds is 5. The predicted molar refractivity (Wildman–Crippen MR) is 58.2 cm³/mol. The molecule has 12 heavy (non-hydrogen) atoms. The Hall–Kier alpha value is -0.180. The molecule has 0 unspecified atom stereocenters. The summed E-state index contributed by atoms with van der Waals surface area (Å²) < 4.78 is 0. The van der Waals surface area contributed by atoms with E-state index < -0.39 is 0 Å². The van der Waals surface area contributed by atoms with Gasteiger partial charge < -0.3 is 4.90 Å². The van der Waals surface area contributed by atoms with Crippen LogP contribution in [-0.2, 0) is 0 Å². The molecule has 0 aliphatic rings. The quantitative estimate of drug-likeness (QED) is 0.530.